The van der Waals surface area contributed by atoms with Crippen molar-refractivity contribution in [2.45, 2.75) is 39.7 Å². The monoisotopic (exact) mass is 359 g/mol. The highest BCUT2D eigenvalue weighted by Gasteiger charge is 2.30. The summed E-state index contributed by atoms with van der Waals surface area (Å²) in [5.41, 5.74) is 0.133. The second-order valence-electron chi connectivity index (χ2n) is 7.11. The summed E-state index contributed by atoms with van der Waals surface area (Å²) in [4.78, 5) is 23.4. The molecule has 0 bridgehead atoms. The number of aromatic nitrogens is 2. The van der Waals surface area contributed by atoms with E-state index in [-0.39, 0.29) is 12.3 Å². The van der Waals surface area contributed by atoms with Gasteiger partial charge in [0, 0.05) is 6.20 Å². The number of carboxylic acid groups (broad SMARTS) is 1. The van der Waals surface area contributed by atoms with Gasteiger partial charge < -0.3 is 15.2 Å². The molecule has 7 heteroatoms. The maximum absolute atomic E-state index is 12.2. The van der Waals surface area contributed by atoms with Crippen LogP contribution < -0.4 is 10.1 Å². The average molecular weight is 359 g/mol. The van der Waals surface area contributed by atoms with Crippen LogP contribution in [0.3, 0.4) is 0 Å². The fourth-order valence-electron chi connectivity index (χ4n) is 2.15. The smallest absolute Gasteiger partial charge is 0.331 e. The summed E-state index contributed by atoms with van der Waals surface area (Å²) < 4.78 is 6.93. The van der Waals surface area contributed by atoms with E-state index in [2.05, 4.69) is 24.3 Å². The lowest BCUT2D eigenvalue weighted by molar-refractivity contribution is -0.146. The van der Waals surface area contributed by atoms with Gasteiger partial charge in [0.05, 0.1) is 24.9 Å². The Bertz CT molecular complexity index is 763. The molecule has 0 saturated carbocycles. The van der Waals surface area contributed by atoms with Crippen LogP contribution in [0.4, 0.5) is 5.69 Å². The molecule has 2 aromatic rings. The van der Waals surface area contributed by atoms with E-state index in [1.807, 2.05) is 24.3 Å². The van der Waals surface area contributed by atoms with E-state index in [0.29, 0.717) is 18.2 Å². The highest BCUT2D eigenvalue weighted by atomic mass is 16.5. The SMILES string of the molecule is CC(C)COc1ccc(CC(=O)Nc2cnn(C(C)(C)C(=O)O)c2)cc1. The molecule has 1 aromatic heterocycles. The van der Waals surface area contributed by atoms with E-state index in [0.717, 1.165) is 11.3 Å². The Morgan fingerprint density at radius 3 is 2.50 bits per heavy atom. The Morgan fingerprint density at radius 2 is 1.92 bits per heavy atom. The first-order valence-corrected chi connectivity index (χ1v) is 8.48. The van der Waals surface area contributed by atoms with Gasteiger partial charge in [-0.15, -0.1) is 0 Å². The fourth-order valence-corrected chi connectivity index (χ4v) is 2.15. The molecule has 26 heavy (non-hydrogen) atoms. The number of carbonyl (C=O) groups excluding carboxylic acids is 1. The lowest BCUT2D eigenvalue weighted by atomic mass is 10.1. The number of nitrogens with zero attached hydrogens (tertiary/aromatic N) is 2. The summed E-state index contributed by atoms with van der Waals surface area (Å²) in [6.45, 7) is 7.89. The Labute approximate surface area is 153 Å². The molecule has 0 radical (unpaired) electrons. The van der Waals surface area contributed by atoms with Crippen LogP contribution in [-0.4, -0.2) is 33.4 Å². The maximum Gasteiger partial charge on any atom is 0.331 e. The summed E-state index contributed by atoms with van der Waals surface area (Å²) >= 11 is 0. The van der Waals surface area contributed by atoms with Gasteiger partial charge >= 0.3 is 5.97 Å². The van der Waals surface area contributed by atoms with E-state index in [1.54, 1.807) is 0 Å². The molecule has 0 aliphatic heterocycles. The van der Waals surface area contributed by atoms with Crippen molar-refractivity contribution in [3.63, 3.8) is 0 Å². The van der Waals surface area contributed by atoms with Gasteiger partial charge in [-0.1, -0.05) is 26.0 Å². The van der Waals surface area contributed by atoms with E-state index in [4.69, 9.17) is 4.74 Å². The van der Waals surface area contributed by atoms with Crippen LogP contribution in [0.2, 0.25) is 0 Å². The predicted octanol–water partition coefficient (Wildman–Crippen LogP) is 2.92. The van der Waals surface area contributed by atoms with Gasteiger partial charge in [-0.2, -0.15) is 5.10 Å². The lowest BCUT2D eigenvalue weighted by Gasteiger charge is -2.19. The zero-order valence-corrected chi connectivity index (χ0v) is 15.5. The zero-order chi connectivity index (χ0) is 19.3. The molecule has 1 amide bonds. The van der Waals surface area contributed by atoms with Crippen LogP contribution in [0.5, 0.6) is 5.75 Å². The molecular formula is C19H25N3O4. The summed E-state index contributed by atoms with van der Waals surface area (Å²) in [6.07, 6.45) is 3.15. The predicted molar refractivity (Wildman–Crippen MR) is 98.3 cm³/mol. The first kappa shape index (κ1) is 19.5. The number of hydrogen-bond donors (Lipinski definition) is 2. The summed E-state index contributed by atoms with van der Waals surface area (Å²) in [6, 6.07) is 7.40. The number of amides is 1. The number of aliphatic carboxylic acids is 1. The lowest BCUT2D eigenvalue weighted by Crippen LogP contribution is -2.35. The normalized spacial score (nSPS) is 11.4. The van der Waals surface area contributed by atoms with Crippen LogP contribution in [0.1, 0.15) is 33.3 Å². The topological polar surface area (TPSA) is 93.5 Å². The van der Waals surface area contributed by atoms with Crippen molar-refractivity contribution in [2.75, 3.05) is 11.9 Å². The number of benzene rings is 1. The third kappa shape index (κ3) is 5.08. The second kappa shape index (κ2) is 8.03. The molecule has 0 saturated heterocycles. The highest BCUT2D eigenvalue weighted by molar-refractivity contribution is 5.92. The van der Waals surface area contributed by atoms with Crippen molar-refractivity contribution < 1.29 is 19.4 Å². The van der Waals surface area contributed by atoms with Gasteiger partial charge in [-0.05, 0) is 37.5 Å². The molecule has 1 aromatic carbocycles. The van der Waals surface area contributed by atoms with Crippen LogP contribution in [-0.2, 0) is 21.5 Å². The van der Waals surface area contributed by atoms with E-state index in [9.17, 15) is 14.7 Å². The number of ether oxygens (including phenoxy) is 1. The third-order valence-corrected chi connectivity index (χ3v) is 3.83. The third-order valence-electron chi connectivity index (χ3n) is 3.83. The molecule has 0 unspecified atom stereocenters. The molecule has 2 N–H and O–H groups in total. The van der Waals surface area contributed by atoms with Gasteiger partial charge in [0.1, 0.15) is 5.75 Å². The van der Waals surface area contributed by atoms with Crippen LogP contribution in [0, 0.1) is 5.92 Å². The Morgan fingerprint density at radius 1 is 1.27 bits per heavy atom. The average Bonchev–Trinajstić information content (AvgIpc) is 3.03. The van der Waals surface area contributed by atoms with Crippen LogP contribution >= 0.6 is 0 Å². The largest absolute Gasteiger partial charge is 0.493 e. The molecule has 7 nitrogen and oxygen atoms in total. The minimum absolute atomic E-state index is 0.200. The second-order valence-corrected chi connectivity index (χ2v) is 7.11. The van der Waals surface area contributed by atoms with E-state index in [1.165, 1.54) is 30.9 Å². The summed E-state index contributed by atoms with van der Waals surface area (Å²) in [7, 11) is 0. The van der Waals surface area contributed by atoms with Crippen molar-refractivity contribution in [1.29, 1.82) is 0 Å². The zero-order valence-electron chi connectivity index (χ0n) is 15.5. The minimum Gasteiger partial charge on any atom is -0.493 e. The molecule has 140 valence electrons. The number of carbonyl (C=O) groups is 2. The van der Waals surface area contributed by atoms with Gasteiger partial charge in [-0.25, -0.2) is 4.79 Å². The number of nitrogens with one attached hydrogen (secondary N) is 1. The van der Waals surface area contributed by atoms with Gasteiger partial charge in [0.15, 0.2) is 5.54 Å². The van der Waals surface area contributed by atoms with Crippen molar-refractivity contribution in [3.05, 3.63) is 42.2 Å². The highest BCUT2D eigenvalue weighted by Crippen LogP contribution is 2.18. The summed E-state index contributed by atoms with van der Waals surface area (Å²) in [5.74, 6) is 0.0271. The van der Waals surface area contributed by atoms with Gasteiger partial charge in [0.25, 0.3) is 0 Å². The van der Waals surface area contributed by atoms with Crippen molar-refractivity contribution in [1.82, 2.24) is 9.78 Å². The molecular weight excluding hydrogens is 334 g/mol. The molecule has 2 rings (SSSR count). The number of carboxylic acids is 1. The first-order chi connectivity index (χ1) is 12.2. The van der Waals surface area contributed by atoms with Crippen molar-refractivity contribution in [3.8, 4) is 5.75 Å². The Balaban J connectivity index is 1.93. The van der Waals surface area contributed by atoms with Gasteiger partial charge in [0.2, 0.25) is 5.91 Å². The minimum atomic E-state index is -1.19. The standard InChI is InChI=1S/C19H25N3O4/c1-13(2)12-26-16-7-5-14(6-8-16)9-17(23)21-15-10-20-22(11-15)19(3,4)18(24)25/h5-8,10-11,13H,9,12H2,1-4H3,(H,21,23)(H,24,25). The Hall–Kier alpha value is -2.83. The molecule has 1 heterocycles. The van der Waals surface area contributed by atoms with E-state index >= 15 is 0 Å². The maximum atomic E-state index is 12.2. The number of anilines is 1. The van der Waals surface area contributed by atoms with E-state index < -0.39 is 11.5 Å². The quantitative estimate of drug-likeness (QED) is 0.756. The molecule has 0 atom stereocenters. The first-order valence-electron chi connectivity index (χ1n) is 8.48. The van der Waals surface area contributed by atoms with Crippen molar-refractivity contribution >= 4 is 17.6 Å². The van der Waals surface area contributed by atoms with Crippen molar-refractivity contribution in [2.24, 2.45) is 5.92 Å². The Kier molecular flexibility index (Phi) is 6.02. The molecule has 0 fully saturated rings. The van der Waals surface area contributed by atoms with Crippen LogP contribution in [0.15, 0.2) is 36.7 Å². The fraction of sp³-hybridized carbons (Fsp3) is 0.421. The molecule has 0 spiro atoms. The summed E-state index contributed by atoms with van der Waals surface area (Å²) in [5, 5.41) is 16.0. The van der Waals surface area contributed by atoms with Gasteiger partial charge in [-0.3, -0.25) is 9.48 Å². The number of hydrogen-bond acceptors (Lipinski definition) is 4. The van der Waals surface area contributed by atoms with Crippen LogP contribution in [0.25, 0.3) is 0 Å². The molecule has 0 aliphatic rings. The molecule has 0 aliphatic carbocycles. The number of rotatable bonds is 8.